The van der Waals surface area contributed by atoms with Crippen LogP contribution >= 0.6 is 0 Å². The molecule has 5 nitrogen and oxygen atoms in total. The van der Waals surface area contributed by atoms with Gasteiger partial charge in [-0.05, 0) is 79.0 Å². The lowest BCUT2D eigenvalue weighted by Crippen LogP contribution is -2.35. The van der Waals surface area contributed by atoms with Gasteiger partial charge in [0.2, 0.25) is 5.91 Å². The first-order valence-electron chi connectivity index (χ1n) is 10.4. The van der Waals surface area contributed by atoms with Gasteiger partial charge in [0.25, 0.3) is 0 Å². The molecule has 1 heterocycles. The number of carbonyl (C=O) groups excluding carboxylic acids is 1. The largest absolute Gasteiger partial charge is 0.491 e. The Kier molecular flexibility index (Phi) is 7.26. The first-order chi connectivity index (χ1) is 14.0. The Morgan fingerprint density at radius 2 is 2.14 bits per heavy atom. The highest BCUT2D eigenvalue weighted by Crippen LogP contribution is 2.37. The van der Waals surface area contributed by atoms with Crippen molar-refractivity contribution in [2.24, 2.45) is 11.8 Å². The van der Waals surface area contributed by atoms with E-state index in [1.807, 2.05) is 12.1 Å². The van der Waals surface area contributed by atoms with Gasteiger partial charge in [0, 0.05) is 32.0 Å². The van der Waals surface area contributed by atoms with E-state index in [4.69, 9.17) is 9.47 Å². The fraction of sp³-hybridized carbons (Fsp3) is 0.500. The third-order valence-corrected chi connectivity index (χ3v) is 6.10. The summed E-state index contributed by atoms with van der Waals surface area (Å²) in [6.07, 6.45) is 6.51. The minimum atomic E-state index is -0.0300. The summed E-state index contributed by atoms with van der Waals surface area (Å²) in [5.74, 6) is 1.36. The molecule has 0 radical (unpaired) electrons. The molecule has 0 spiro atoms. The van der Waals surface area contributed by atoms with Gasteiger partial charge in [0.1, 0.15) is 12.4 Å². The van der Waals surface area contributed by atoms with Crippen LogP contribution in [0.1, 0.15) is 41.2 Å². The van der Waals surface area contributed by atoms with Gasteiger partial charge >= 0.3 is 0 Å². The van der Waals surface area contributed by atoms with Crippen LogP contribution in [0.5, 0.6) is 5.75 Å². The van der Waals surface area contributed by atoms with Gasteiger partial charge in [-0.15, -0.1) is 0 Å². The highest BCUT2D eigenvalue weighted by atomic mass is 16.5. The molecular weight excluding hydrogens is 364 g/mol. The van der Waals surface area contributed by atoms with Crippen LogP contribution in [0.15, 0.2) is 30.6 Å². The minimum Gasteiger partial charge on any atom is -0.491 e. The highest BCUT2D eigenvalue weighted by Gasteiger charge is 2.30. The minimum absolute atomic E-state index is 0.0300. The molecule has 156 valence electrons. The Hall–Kier alpha value is -2.40. The lowest BCUT2D eigenvalue weighted by atomic mass is 9.74. The van der Waals surface area contributed by atoms with Crippen molar-refractivity contribution in [3.05, 3.63) is 58.4 Å². The molecule has 2 aromatic rings. The zero-order valence-electron chi connectivity index (χ0n) is 18.0. The van der Waals surface area contributed by atoms with E-state index < -0.39 is 0 Å². The molecule has 29 heavy (non-hydrogen) atoms. The van der Waals surface area contributed by atoms with Crippen LogP contribution < -0.4 is 10.1 Å². The van der Waals surface area contributed by atoms with E-state index in [1.165, 1.54) is 22.3 Å². The molecule has 0 bridgehead atoms. The van der Waals surface area contributed by atoms with E-state index in [1.54, 1.807) is 19.5 Å². The molecule has 0 unspecified atom stereocenters. The Morgan fingerprint density at radius 3 is 2.86 bits per heavy atom. The molecule has 0 aliphatic heterocycles. The van der Waals surface area contributed by atoms with Crippen LogP contribution in [-0.2, 0) is 28.9 Å². The first-order valence-corrected chi connectivity index (χ1v) is 10.4. The smallest absolute Gasteiger partial charge is 0.223 e. The van der Waals surface area contributed by atoms with Gasteiger partial charge in [-0.1, -0.05) is 13.0 Å². The number of pyridine rings is 1. The molecular formula is C24H32N2O3. The zero-order valence-corrected chi connectivity index (χ0v) is 18.0. The van der Waals surface area contributed by atoms with Crippen molar-refractivity contribution >= 4 is 5.91 Å². The molecule has 1 amide bonds. The van der Waals surface area contributed by atoms with E-state index in [2.05, 4.69) is 37.1 Å². The molecule has 0 fully saturated rings. The number of aromatic nitrogens is 1. The Labute approximate surface area is 173 Å². The molecule has 1 N–H and O–H groups in total. The van der Waals surface area contributed by atoms with E-state index in [9.17, 15) is 4.79 Å². The molecule has 1 aromatic carbocycles. The average Bonchev–Trinajstić information content (AvgIpc) is 2.75. The van der Waals surface area contributed by atoms with E-state index in [0.717, 1.165) is 30.6 Å². The molecule has 1 aliphatic carbocycles. The lowest BCUT2D eigenvalue weighted by molar-refractivity contribution is -0.126. The quantitative estimate of drug-likeness (QED) is 0.690. The predicted octanol–water partition coefficient (Wildman–Crippen LogP) is 3.78. The molecule has 0 saturated heterocycles. The Balaban J connectivity index is 1.67. The van der Waals surface area contributed by atoms with Crippen molar-refractivity contribution in [3.63, 3.8) is 0 Å². The second kappa shape index (κ2) is 9.88. The third-order valence-electron chi connectivity index (χ3n) is 6.10. The molecule has 5 heteroatoms. The molecule has 1 aliphatic rings. The average molecular weight is 397 g/mol. The molecule has 3 rings (SSSR count). The third kappa shape index (κ3) is 5.15. The van der Waals surface area contributed by atoms with Crippen molar-refractivity contribution in [1.82, 2.24) is 10.3 Å². The van der Waals surface area contributed by atoms with Gasteiger partial charge in [0.15, 0.2) is 0 Å². The Bertz CT molecular complexity index is 836. The Morgan fingerprint density at radius 1 is 1.31 bits per heavy atom. The van der Waals surface area contributed by atoms with Gasteiger partial charge in [0.05, 0.1) is 6.61 Å². The predicted molar refractivity (Wildman–Crippen MR) is 114 cm³/mol. The number of fused-ring (bicyclic) bond motifs is 1. The number of rotatable bonds is 8. The molecule has 0 saturated carbocycles. The van der Waals surface area contributed by atoms with Crippen LogP contribution in [0, 0.1) is 25.7 Å². The fourth-order valence-electron chi connectivity index (χ4n) is 4.20. The summed E-state index contributed by atoms with van der Waals surface area (Å²) in [7, 11) is 1.68. The van der Waals surface area contributed by atoms with Crippen LogP contribution in [0.4, 0.5) is 0 Å². The zero-order chi connectivity index (χ0) is 20.8. The summed E-state index contributed by atoms with van der Waals surface area (Å²) in [6, 6.07) is 6.01. The number of hydrogen-bond donors (Lipinski definition) is 1. The van der Waals surface area contributed by atoms with Gasteiger partial charge in [-0.2, -0.15) is 0 Å². The molecule has 1 aromatic heterocycles. The monoisotopic (exact) mass is 396 g/mol. The van der Waals surface area contributed by atoms with Gasteiger partial charge in [-0.25, -0.2) is 0 Å². The first kappa shape index (κ1) is 21.3. The summed E-state index contributed by atoms with van der Waals surface area (Å²) in [5.41, 5.74) is 6.30. The maximum Gasteiger partial charge on any atom is 0.223 e. The van der Waals surface area contributed by atoms with Gasteiger partial charge < -0.3 is 14.8 Å². The van der Waals surface area contributed by atoms with Crippen LogP contribution in [0.3, 0.4) is 0 Å². The number of nitrogens with zero attached hydrogens (tertiary/aromatic N) is 1. The summed E-state index contributed by atoms with van der Waals surface area (Å²) in [4.78, 5) is 16.9. The topological polar surface area (TPSA) is 60.5 Å². The number of carbonyl (C=O) groups is 1. The van der Waals surface area contributed by atoms with Crippen molar-refractivity contribution < 1.29 is 14.3 Å². The number of hydrogen-bond acceptors (Lipinski definition) is 4. The summed E-state index contributed by atoms with van der Waals surface area (Å²) < 4.78 is 11.0. The SMILES string of the molecule is COCCOc1cc(C)c2c(c1C)C[C@H]([C@H](C)C(=O)NCc1cccnc1)CC2. The number of benzene rings is 1. The number of aryl methyl sites for hydroxylation is 1. The number of ether oxygens (including phenoxy) is 2. The van der Waals surface area contributed by atoms with Crippen molar-refractivity contribution in [2.75, 3.05) is 20.3 Å². The van der Waals surface area contributed by atoms with E-state index >= 15 is 0 Å². The normalized spacial score (nSPS) is 16.8. The van der Waals surface area contributed by atoms with Gasteiger partial charge in [-0.3, -0.25) is 9.78 Å². The number of methoxy groups -OCH3 is 1. The molecule has 2 atom stereocenters. The second-order valence-corrected chi connectivity index (χ2v) is 7.99. The lowest BCUT2D eigenvalue weighted by Gasteiger charge is -2.31. The van der Waals surface area contributed by atoms with Crippen molar-refractivity contribution in [1.29, 1.82) is 0 Å². The summed E-state index contributed by atoms with van der Waals surface area (Å²) in [5, 5.41) is 3.07. The number of amides is 1. The maximum absolute atomic E-state index is 12.8. The van der Waals surface area contributed by atoms with Crippen LogP contribution in [0.25, 0.3) is 0 Å². The van der Waals surface area contributed by atoms with E-state index in [0.29, 0.717) is 25.7 Å². The van der Waals surface area contributed by atoms with Crippen LogP contribution in [0.2, 0.25) is 0 Å². The second-order valence-electron chi connectivity index (χ2n) is 7.99. The summed E-state index contributed by atoms with van der Waals surface area (Å²) in [6.45, 7) is 7.99. The fourth-order valence-corrected chi connectivity index (χ4v) is 4.20. The standard InChI is InChI=1S/C24H32N2O3/c1-16-12-23(29-11-10-28-4)18(3)22-13-20(7-8-21(16)22)17(2)24(27)26-15-19-6-5-9-25-14-19/h5-6,9,12,14,17,20H,7-8,10-11,13,15H2,1-4H3,(H,26,27)/t17-,20+/m0/s1. The maximum atomic E-state index is 12.8. The van der Waals surface area contributed by atoms with E-state index in [-0.39, 0.29) is 11.8 Å². The van der Waals surface area contributed by atoms with Crippen molar-refractivity contribution in [3.8, 4) is 5.75 Å². The van der Waals surface area contributed by atoms with Crippen molar-refractivity contribution in [2.45, 2.75) is 46.6 Å². The highest BCUT2D eigenvalue weighted by molar-refractivity contribution is 5.78. The van der Waals surface area contributed by atoms with Crippen LogP contribution in [-0.4, -0.2) is 31.2 Å². The number of nitrogens with one attached hydrogen (secondary N) is 1. The summed E-state index contributed by atoms with van der Waals surface area (Å²) >= 11 is 0.